The molecule has 0 radical (unpaired) electrons. The molecule has 60 heavy (non-hydrogen) atoms. The molecule has 328 valence electrons. The van der Waals surface area contributed by atoms with Gasteiger partial charge in [0.2, 0.25) is 5.60 Å². The van der Waals surface area contributed by atoms with Crippen LogP contribution >= 0.6 is 0 Å². The van der Waals surface area contributed by atoms with Crippen molar-refractivity contribution >= 4 is 29.8 Å². The fraction of sp³-hybridized carbons (Fsp3) is 0.667. The minimum Gasteiger partial charge on any atom is -0.493 e. The quantitative estimate of drug-likeness (QED) is 0.156. The Hall–Kier alpha value is -4.31. The fourth-order valence-electron chi connectivity index (χ4n) is 13.3. The van der Waals surface area contributed by atoms with Crippen LogP contribution in [0.1, 0.15) is 85.0 Å². The Bertz CT molecular complexity index is 2000. The van der Waals surface area contributed by atoms with Crippen LogP contribution < -0.4 is 4.74 Å². The largest absolute Gasteiger partial charge is 0.493 e. The summed E-state index contributed by atoms with van der Waals surface area (Å²) in [6, 6.07) is 6.68. The van der Waals surface area contributed by atoms with E-state index in [2.05, 4.69) is 6.58 Å². The number of allylic oxidation sites excluding steroid dienone is 1. The highest BCUT2D eigenvalue weighted by molar-refractivity contribution is 5.92. The van der Waals surface area contributed by atoms with Gasteiger partial charge in [0.15, 0.2) is 6.10 Å². The first-order valence-electron chi connectivity index (χ1n) is 20.7. The third kappa shape index (κ3) is 5.77. The van der Waals surface area contributed by atoms with Gasteiger partial charge < -0.3 is 48.1 Å². The number of epoxide rings is 1. The Morgan fingerprint density at radius 3 is 2.27 bits per heavy atom. The monoisotopic (exact) mass is 838 g/mol. The third-order valence-electron chi connectivity index (χ3n) is 15.5. The van der Waals surface area contributed by atoms with Gasteiger partial charge in [0, 0.05) is 38.5 Å². The third-order valence-corrected chi connectivity index (χ3v) is 15.5. The van der Waals surface area contributed by atoms with Crippen LogP contribution in [0, 0.1) is 39.4 Å². The summed E-state index contributed by atoms with van der Waals surface area (Å²) in [5.41, 5.74) is -8.93. The maximum absolute atomic E-state index is 14.0. The predicted molar refractivity (Wildman–Crippen MR) is 210 cm³/mol. The van der Waals surface area contributed by atoms with E-state index in [-0.39, 0.29) is 31.6 Å². The molecule has 0 amide bonds. The molecule has 1 saturated heterocycles. The topological polar surface area (TPSA) is 203 Å². The number of hydrogen-bond acceptors (Lipinski definition) is 15. The van der Waals surface area contributed by atoms with Crippen molar-refractivity contribution in [1.82, 2.24) is 0 Å². The molecule has 2 heterocycles. The number of fused-ring (bicyclic) bond motifs is 9. The number of esters is 5. The molecule has 0 bridgehead atoms. The molecule has 0 spiro atoms. The zero-order valence-corrected chi connectivity index (χ0v) is 35.8. The van der Waals surface area contributed by atoms with E-state index in [0.717, 1.165) is 0 Å². The van der Waals surface area contributed by atoms with Gasteiger partial charge in [0.25, 0.3) is 0 Å². The average Bonchev–Trinajstić information content (AvgIpc) is 3.98. The number of carbonyl (C=O) groups is 5. The van der Waals surface area contributed by atoms with E-state index in [4.69, 9.17) is 37.9 Å². The van der Waals surface area contributed by atoms with E-state index in [1.54, 1.807) is 52.0 Å². The predicted octanol–water partition coefficient (Wildman–Crippen LogP) is 4.05. The molecule has 6 aliphatic rings. The highest BCUT2D eigenvalue weighted by Gasteiger charge is 2.91. The zero-order valence-electron chi connectivity index (χ0n) is 35.8. The Labute approximate surface area is 350 Å². The molecule has 4 aliphatic carbocycles. The SMILES string of the molecule is C=C1C[C@@]2(O)C3CC[C@]4(C)C([C@H](OC(C)=O)[C@H](O)C5([C@H](C)OC(=O)c6ccccc6OCC)COCC=C[C@H]54)[C@@]3(C)[C@H](OC(C)=O)[C@H](OC(C)=O)[C@@]2(C)[C@]2(C(=O)OC)O[C@H]12. The van der Waals surface area contributed by atoms with Gasteiger partial charge in [-0.3, -0.25) is 14.4 Å². The van der Waals surface area contributed by atoms with Gasteiger partial charge in [-0.2, -0.15) is 0 Å². The summed E-state index contributed by atoms with van der Waals surface area (Å²) in [5.74, 6) is -5.95. The van der Waals surface area contributed by atoms with Gasteiger partial charge in [-0.05, 0) is 68.6 Å². The number of carbonyl (C=O) groups excluding carboxylic acids is 5. The first-order chi connectivity index (χ1) is 28.2. The van der Waals surface area contributed by atoms with Crippen molar-refractivity contribution in [2.45, 2.75) is 122 Å². The van der Waals surface area contributed by atoms with Crippen molar-refractivity contribution in [1.29, 1.82) is 0 Å². The van der Waals surface area contributed by atoms with Crippen molar-refractivity contribution in [2.75, 3.05) is 26.9 Å². The second kappa shape index (κ2) is 14.9. The summed E-state index contributed by atoms with van der Waals surface area (Å²) in [5, 5.41) is 26.8. The highest BCUT2D eigenvalue weighted by atomic mass is 16.7. The van der Waals surface area contributed by atoms with E-state index in [1.807, 2.05) is 19.1 Å². The van der Waals surface area contributed by atoms with Crippen LogP contribution in [0.3, 0.4) is 0 Å². The number of aliphatic hydroxyl groups is 2. The molecule has 1 aromatic rings. The number of para-hydroxylation sites is 1. The number of hydrogen-bond donors (Lipinski definition) is 2. The standard InChI is InChI=1S/C45H58O15/c1-11-55-29-16-13-12-15-28(29)38(50)56-24(3)43-22-54-20-14-17-30(43)40(7)19-18-31-41(8,33(40)32(34(43)49)57-25(4)46)36(58-26(5)47)37(59-27(6)48)42(9)44(31,52)21-23(2)35-45(42,60-35)39(51)53-10/h12-17,24,30-37,49,52H,2,11,18-22H2,1,3-10H3/t24-,30-,31?,32-,33?,34-,35+,36+,37-,40-,41-,42+,43?,44+,45-/m0/s1. The molecule has 2 N–H and O–H groups in total. The van der Waals surface area contributed by atoms with E-state index < -0.39 is 117 Å². The maximum atomic E-state index is 14.0. The molecule has 7 rings (SSSR count). The summed E-state index contributed by atoms with van der Waals surface area (Å²) < 4.78 is 48.6. The Morgan fingerprint density at radius 1 is 0.983 bits per heavy atom. The molecule has 3 unspecified atom stereocenters. The van der Waals surface area contributed by atoms with E-state index in [9.17, 15) is 34.2 Å². The molecule has 15 nitrogen and oxygen atoms in total. The van der Waals surface area contributed by atoms with Gasteiger partial charge in [-0.15, -0.1) is 0 Å². The van der Waals surface area contributed by atoms with Crippen molar-refractivity contribution in [3.63, 3.8) is 0 Å². The Morgan fingerprint density at radius 2 is 1.63 bits per heavy atom. The molecule has 15 heteroatoms. The van der Waals surface area contributed by atoms with E-state index >= 15 is 0 Å². The van der Waals surface area contributed by atoms with Crippen LogP contribution in [0.2, 0.25) is 0 Å². The lowest BCUT2D eigenvalue weighted by atomic mass is 9.31. The molecule has 15 atom stereocenters. The van der Waals surface area contributed by atoms with Crippen LogP contribution in [0.4, 0.5) is 0 Å². The van der Waals surface area contributed by atoms with Crippen LogP contribution in [0.25, 0.3) is 0 Å². The van der Waals surface area contributed by atoms with Gasteiger partial charge >= 0.3 is 29.8 Å². The number of benzene rings is 1. The minimum atomic E-state index is -1.95. The van der Waals surface area contributed by atoms with Crippen molar-refractivity contribution < 1.29 is 72.1 Å². The smallest absolute Gasteiger partial charge is 0.342 e. The van der Waals surface area contributed by atoms with Gasteiger partial charge in [-0.1, -0.05) is 44.7 Å². The van der Waals surface area contributed by atoms with Crippen molar-refractivity contribution in [3.8, 4) is 5.75 Å². The minimum absolute atomic E-state index is 0.0841. The lowest BCUT2D eigenvalue weighted by Crippen LogP contribution is -2.84. The van der Waals surface area contributed by atoms with Gasteiger partial charge in [0.1, 0.15) is 41.8 Å². The van der Waals surface area contributed by atoms with Crippen molar-refractivity contribution in [3.05, 3.63) is 54.1 Å². The second-order valence-electron chi connectivity index (χ2n) is 18.2. The highest BCUT2D eigenvalue weighted by Crippen LogP contribution is 2.78. The average molecular weight is 839 g/mol. The number of rotatable bonds is 9. The van der Waals surface area contributed by atoms with E-state index in [0.29, 0.717) is 24.4 Å². The molecule has 4 saturated carbocycles. The lowest BCUT2D eigenvalue weighted by Gasteiger charge is -2.74. The lowest BCUT2D eigenvalue weighted by molar-refractivity contribution is -0.356. The number of methoxy groups -OCH3 is 1. The summed E-state index contributed by atoms with van der Waals surface area (Å²) in [4.78, 5) is 68.0. The van der Waals surface area contributed by atoms with Crippen LogP contribution in [0.15, 0.2) is 48.6 Å². The van der Waals surface area contributed by atoms with Crippen molar-refractivity contribution in [2.24, 2.45) is 39.4 Å². The Kier molecular flexibility index (Phi) is 10.9. The Balaban J connectivity index is 1.45. The summed E-state index contributed by atoms with van der Waals surface area (Å²) in [6.07, 6.45) is -3.63. The normalized spacial score (nSPS) is 42.8. The zero-order chi connectivity index (χ0) is 44.0. The first-order valence-corrected chi connectivity index (χ1v) is 20.7. The molecular weight excluding hydrogens is 780 g/mol. The number of aliphatic hydroxyl groups excluding tert-OH is 1. The van der Waals surface area contributed by atoms with Crippen LogP contribution in [-0.2, 0) is 52.3 Å². The molecule has 0 aromatic heterocycles. The maximum Gasteiger partial charge on any atom is 0.342 e. The molecule has 2 aliphatic heterocycles. The van der Waals surface area contributed by atoms with E-state index in [1.165, 1.54) is 27.9 Å². The van der Waals surface area contributed by atoms with Gasteiger partial charge in [0.05, 0.1) is 43.4 Å². The summed E-state index contributed by atoms with van der Waals surface area (Å²) in [7, 11) is 1.19. The van der Waals surface area contributed by atoms with Crippen LogP contribution in [-0.4, -0.2) is 115 Å². The fourth-order valence-corrected chi connectivity index (χ4v) is 13.3. The summed E-state index contributed by atoms with van der Waals surface area (Å²) in [6.45, 7) is 17.1. The second-order valence-corrected chi connectivity index (χ2v) is 18.2. The van der Waals surface area contributed by atoms with Gasteiger partial charge in [-0.25, -0.2) is 9.59 Å². The summed E-state index contributed by atoms with van der Waals surface area (Å²) >= 11 is 0. The molecule has 5 fully saturated rings. The molecular formula is C45H58O15. The van der Waals surface area contributed by atoms with Crippen LogP contribution in [0.5, 0.6) is 5.75 Å². The first kappa shape index (κ1) is 43.8. The number of ether oxygens (including phenoxy) is 8. The molecule has 1 aromatic carbocycles.